The quantitative estimate of drug-likeness (QED) is 0.807. The SMILES string of the molecule is CC(C)CC(O)CNC(=O)c1ccc(OCC(F)(F)F)nc1. The van der Waals surface area contributed by atoms with E-state index in [2.05, 4.69) is 15.0 Å². The number of halogens is 3. The molecular weight excluding hydrogens is 301 g/mol. The van der Waals surface area contributed by atoms with Gasteiger partial charge in [-0.05, 0) is 18.4 Å². The van der Waals surface area contributed by atoms with E-state index in [1.54, 1.807) is 0 Å². The third kappa shape index (κ3) is 7.26. The number of amides is 1. The van der Waals surface area contributed by atoms with Crippen LogP contribution >= 0.6 is 0 Å². The number of nitrogens with zero attached hydrogens (tertiary/aromatic N) is 1. The molecule has 0 radical (unpaired) electrons. The van der Waals surface area contributed by atoms with Crippen LogP contribution in [0.4, 0.5) is 13.2 Å². The summed E-state index contributed by atoms with van der Waals surface area (Å²) in [6, 6.07) is 2.49. The Morgan fingerprint density at radius 1 is 1.41 bits per heavy atom. The number of rotatable bonds is 7. The number of aliphatic hydroxyl groups excluding tert-OH is 1. The van der Waals surface area contributed by atoms with E-state index in [-0.39, 0.29) is 18.0 Å². The third-order valence-electron chi connectivity index (χ3n) is 2.62. The van der Waals surface area contributed by atoms with E-state index in [4.69, 9.17) is 0 Å². The molecule has 1 atom stereocenters. The number of aromatic nitrogens is 1. The molecule has 0 bridgehead atoms. The Kier molecular flexibility index (Phi) is 6.61. The molecule has 2 N–H and O–H groups in total. The molecule has 0 aliphatic heterocycles. The van der Waals surface area contributed by atoms with Crippen LogP contribution in [0.1, 0.15) is 30.6 Å². The zero-order valence-electron chi connectivity index (χ0n) is 12.4. The second-order valence-electron chi connectivity index (χ2n) is 5.28. The Hall–Kier alpha value is -1.83. The van der Waals surface area contributed by atoms with Crippen molar-refractivity contribution in [2.24, 2.45) is 5.92 Å². The van der Waals surface area contributed by atoms with Gasteiger partial charge in [0.05, 0.1) is 11.7 Å². The maximum Gasteiger partial charge on any atom is 0.422 e. The van der Waals surface area contributed by atoms with E-state index in [1.165, 1.54) is 12.1 Å². The lowest BCUT2D eigenvalue weighted by molar-refractivity contribution is -0.154. The number of hydrogen-bond donors (Lipinski definition) is 2. The molecule has 22 heavy (non-hydrogen) atoms. The molecule has 0 spiro atoms. The number of alkyl halides is 3. The van der Waals surface area contributed by atoms with Crippen molar-refractivity contribution in [1.29, 1.82) is 0 Å². The van der Waals surface area contributed by atoms with Gasteiger partial charge in [0.1, 0.15) is 0 Å². The van der Waals surface area contributed by atoms with Gasteiger partial charge in [-0.15, -0.1) is 0 Å². The molecule has 0 aliphatic rings. The summed E-state index contributed by atoms with van der Waals surface area (Å²) >= 11 is 0. The van der Waals surface area contributed by atoms with Crippen molar-refractivity contribution in [3.05, 3.63) is 23.9 Å². The minimum absolute atomic E-state index is 0.101. The average Bonchev–Trinajstić information content (AvgIpc) is 2.41. The number of pyridine rings is 1. The Morgan fingerprint density at radius 3 is 2.59 bits per heavy atom. The largest absolute Gasteiger partial charge is 0.468 e. The minimum Gasteiger partial charge on any atom is -0.468 e. The average molecular weight is 320 g/mol. The van der Waals surface area contributed by atoms with Crippen molar-refractivity contribution >= 4 is 5.91 Å². The van der Waals surface area contributed by atoms with Gasteiger partial charge in [-0.2, -0.15) is 13.2 Å². The lowest BCUT2D eigenvalue weighted by Gasteiger charge is -2.14. The number of nitrogens with one attached hydrogen (secondary N) is 1. The Balaban J connectivity index is 2.47. The van der Waals surface area contributed by atoms with Crippen LogP contribution in [0.15, 0.2) is 18.3 Å². The monoisotopic (exact) mass is 320 g/mol. The lowest BCUT2D eigenvalue weighted by Crippen LogP contribution is -2.32. The van der Waals surface area contributed by atoms with Gasteiger partial charge >= 0.3 is 6.18 Å². The smallest absolute Gasteiger partial charge is 0.422 e. The predicted octanol–water partition coefficient (Wildman–Crippen LogP) is 2.16. The highest BCUT2D eigenvalue weighted by Gasteiger charge is 2.28. The van der Waals surface area contributed by atoms with Crippen LogP contribution < -0.4 is 10.1 Å². The van der Waals surface area contributed by atoms with Gasteiger partial charge in [-0.25, -0.2) is 4.98 Å². The van der Waals surface area contributed by atoms with E-state index in [0.29, 0.717) is 12.3 Å². The highest BCUT2D eigenvalue weighted by molar-refractivity contribution is 5.93. The molecular formula is C14H19F3N2O3. The molecule has 0 aliphatic carbocycles. The first-order chi connectivity index (χ1) is 10.2. The van der Waals surface area contributed by atoms with Gasteiger partial charge in [0.25, 0.3) is 5.91 Å². The van der Waals surface area contributed by atoms with Crippen molar-refractivity contribution in [3.63, 3.8) is 0 Å². The predicted molar refractivity (Wildman–Crippen MR) is 73.6 cm³/mol. The molecule has 0 aromatic carbocycles. The van der Waals surface area contributed by atoms with Crippen molar-refractivity contribution in [1.82, 2.24) is 10.3 Å². The fourth-order valence-electron chi connectivity index (χ4n) is 1.70. The summed E-state index contributed by atoms with van der Waals surface area (Å²) in [4.78, 5) is 15.4. The van der Waals surface area contributed by atoms with Gasteiger partial charge < -0.3 is 15.2 Å². The Bertz CT molecular complexity index is 475. The third-order valence-corrected chi connectivity index (χ3v) is 2.62. The Morgan fingerprint density at radius 2 is 2.09 bits per heavy atom. The van der Waals surface area contributed by atoms with E-state index < -0.39 is 24.8 Å². The van der Waals surface area contributed by atoms with Crippen LogP contribution in [0.25, 0.3) is 0 Å². The van der Waals surface area contributed by atoms with Gasteiger partial charge in [-0.1, -0.05) is 13.8 Å². The van der Waals surface area contributed by atoms with Crippen LogP contribution in [0.5, 0.6) is 5.88 Å². The summed E-state index contributed by atoms with van der Waals surface area (Å²) in [5.41, 5.74) is 0.177. The molecule has 5 nitrogen and oxygen atoms in total. The van der Waals surface area contributed by atoms with Crippen LogP contribution in [0.2, 0.25) is 0 Å². The van der Waals surface area contributed by atoms with E-state index in [9.17, 15) is 23.1 Å². The lowest BCUT2D eigenvalue weighted by atomic mass is 10.1. The number of aliphatic hydroxyl groups is 1. The second kappa shape index (κ2) is 7.98. The molecule has 1 heterocycles. The number of carbonyl (C=O) groups excluding carboxylic acids is 1. The summed E-state index contributed by atoms with van der Waals surface area (Å²) in [6.45, 7) is 2.57. The van der Waals surface area contributed by atoms with Crippen LogP contribution in [-0.4, -0.2) is 41.4 Å². The molecule has 0 saturated heterocycles. The first-order valence-corrected chi connectivity index (χ1v) is 6.79. The standard InChI is InChI=1S/C14H19F3N2O3/c1-9(2)5-11(20)7-19-13(21)10-3-4-12(18-6-10)22-8-14(15,16)17/h3-4,6,9,11,20H,5,7-8H2,1-2H3,(H,19,21). The van der Waals surface area contributed by atoms with Crippen LogP contribution in [-0.2, 0) is 0 Å². The minimum atomic E-state index is -4.44. The topological polar surface area (TPSA) is 71.5 Å². The zero-order valence-corrected chi connectivity index (χ0v) is 12.4. The number of carbonyl (C=O) groups is 1. The molecule has 1 rings (SSSR count). The maximum atomic E-state index is 12.0. The summed E-state index contributed by atoms with van der Waals surface area (Å²) in [7, 11) is 0. The van der Waals surface area contributed by atoms with E-state index in [1.807, 2.05) is 13.8 Å². The summed E-state index contributed by atoms with van der Waals surface area (Å²) in [6.07, 6.45) is -3.41. The highest BCUT2D eigenvalue weighted by atomic mass is 19.4. The van der Waals surface area contributed by atoms with E-state index in [0.717, 1.165) is 6.20 Å². The van der Waals surface area contributed by atoms with Gasteiger partial charge in [0.15, 0.2) is 6.61 Å². The Labute approximate surface area is 126 Å². The number of hydrogen-bond acceptors (Lipinski definition) is 4. The van der Waals surface area contributed by atoms with Crippen molar-refractivity contribution in [3.8, 4) is 5.88 Å². The highest BCUT2D eigenvalue weighted by Crippen LogP contribution is 2.17. The van der Waals surface area contributed by atoms with Crippen LogP contribution in [0.3, 0.4) is 0 Å². The summed E-state index contributed by atoms with van der Waals surface area (Å²) < 4.78 is 40.4. The molecule has 1 unspecified atom stereocenters. The first kappa shape index (κ1) is 18.2. The molecule has 0 saturated carbocycles. The van der Waals surface area contributed by atoms with Gasteiger partial charge in [0.2, 0.25) is 5.88 Å². The van der Waals surface area contributed by atoms with Gasteiger partial charge in [-0.3, -0.25) is 4.79 Å². The first-order valence-electron chi connectivity index (χ1n) is 6.79. The fraction of sp³-hybridized carbons (Fsp3) is 0.571. The summed E-state index contributed by atoms with van der Waals surface area (Å²) in [5, 5.41) is 12.2. The fourth-order valence-corrected chi connectivity index (χ4v) is 1.70. The van der Waals surface area contributed by atoms with Crippen molar-refractivity contribution in [2.45, 2.75) is 32.5 Å². The maximum absolute atomic E-state index is 12.0. The molecule has 0 fully saturated rings. The van der Waals surface area contributed by atoms with Gasteiger partial charge in [0, 0.05) is 18.8 Å². The van der Waals surface area contributed by atoms with E-state index >= 15 is 0 Å². The van der Waals surface area contributed by atoms with Crippen LogP contribution in [0, 0.1) is 5.92 Å². The molecule has 1 aromatic rings. The summed E-state index contributed by atoms with van der Waals surface area (Å²) in [5.74, 6) is -0.370. The van der Waals surface area contributed by atoms with Crippen molar-refractivity contribution < 1.29 is 27.8 Å². The van der Waals surface area contributed by atoms with Crippen molar-refractivity contribution in [2.75, 3.05) is 13.2 Å². The molecule has 1 amide bonds. The molecule has 124 valence electrons. The molecule has 8 heteroatoms. The second-order valence-corrected chi connectivity index (χ2v) is 5.28. The molecule has 1 aromatic heterocycles. The zero-order chi connectivity index (χ0) is 16.8. The normalized spacial score (nSPS) is 13.0. The number of ether oxygens (including phenoxy) is 1.